The summed E-state index contributed by atoms with van der Waals surface area (Å²) in [6, 6.07) is 9.03. The average Bonchev–Trinajstić information content (AvgIpc) is 2.82. The van der Waals surface area contributed by atoms with Gasteiger partial charge in [0.2, 0.25) is 5.36 Å². The van der Waals surface area contributed by atoms with Gasteiger partial charge in [-0.1, -0.05) is 0 Å². The number of carbonyl (C=O) groups excluding carboxylic acids is 1. The number of hydrogen-bond acceptors (Lipinski definition) is 6. The van der Waals surface area contributed by atoms with Gasteiger partial charge in [-0.3, -0.25) is 0 Å². The number of aryl methyl sites for hydroxylation is 2. The van der Waals surface area contributed by atoms with E-state index in [0.717, 1.165) is 50.6 Å². The van der Waals surface area contributed by atoms with Crippen molar-refractivity contribution in [1.29, 1.82) is 0 Å². The van der Waals surface area contributed by atoms with Crippen molar-refractivity contribution >= 4 is 33.3 Å². The van der Waals surface area contributed by atoms with Gasteiger partial charge in [0.05, 0.1) is 20.8 Å². The fourth-order valence-electron chi connectivity index (χ4n) is 4.79. The number of hydrogen-bond donors (Lipinski definition) is 0. The van der Waals surface area contributed by atoms with Crippen LogP contribution in [0.25, 0.3) is 20.8 Å². The second kappa shape index (κ2) is 10.8. The summed E-state index contributed by atoms with van der Waals surface area (Å²) in [6.07, 6.45) is -0.226. The number of halogens is 1. The van der Waals surface area contributed by atoms with Gasteiger partial charge in [0.1, 0.15) is 18.8 Å². The van der Waals surface area contributed by atoms with Gasteiger partial charge in [-0.05, 0) is 57.9 Å². The van der Waals surface area contributed by atoms with Crippen molar-refractivity contribution in [2.24, 2.45) is 0 Å². The van der Waals surface area contributed by atoms with E-state index in [1.54, 1.807) is 0 Å². The van der Waals surface area contributed by atoms with Crippen LogP contribution in [0.2, 0.25) is 0 Å². The molecule has 3 heterocycles. The number of nitrogens with zero attached hydrogens (tertiary/aromatic N) is 4. The number of ether oxygens (including phenoxy) is 2. The minimum atomic E-state index is -0.471. The Hall–Kier alpha value is -1.98. The maximum atomic E-state index is 12.4. The first-order valence-electron chi connectivity index (χ1n) is 12.4. The molecule has 0 spiro atoms. The molecule has 0 bridgehead atoms. The number of anilines is 1. The Morgan fingerprint density at radius 3 is 2.39 bits per heavy atom. The number of benzene rings is 2. The fraction of sp³-hybridized carbons (Fsp3) is 0.519. The molecule has 1 aromatic rings. The Morgan fingerprint density at radius 2 is 1.72 bits per heavy atom. The maximum absolute atomic E-state index is 12.4. The minimum Gasteiger partial charge on any atom is -1.00 e. The van der Waals surface area contributed by atoms with Gasteiger partial charge in [-0.15, -0.1) is 11.3 Å². The number of rotatable bonds is 1. The van der Waals surface area contributed by atoms with Crippen LogP contribution in [0, 0.1) is 13.8 Å². The van der Waals surface area contributed by atoms with Crippen molar-refractivity contribution in [3.63, 3.8) is 0 Å². The molecule has 5 rings (SSSR count). The Kier molecular flexibility index (Phi) is 8.11. The van der Waals surface area contributed by atoms with E-state index in [2.05, 4.69) is 47.6 Å². The maximum Gasteiger partial charge on any atom is 0.410 e. The highest BCUT2D eigenvalue weighted by Crippen LogP contribution is 2.35. The molecule has 0 unspecified atom stereocenters. The summed E-state index contributed by atoms with van der Waals surface area (Å²) in [5.74, 6) is 0. The molecule has 36 heavy (non-hydrogen) atoms. The third kappa shape index (κ3) is 5.78. The summed E-state index contributed by atoms with van der Waals surface area (Å²) in [5.41, 5.74) is 5.27. The predicted molar refractivity (Wildman–Crippen MR) is 142 cm³/mol. The zero-order chi connectivity index (χ0) is 24.7. The molecule has 0 radical (unpaired) electrons. The standard InChI is InChI=1S/C27H35N4O3S.HI/c1-18-14-20(29-6-8-31(9-7-29)26(32)34-27(3,4)5)16-22-24(18)28-25-19(2)15-21(17-23(25)35-22)30-10-12-33-13-11-30;/h14-17H,6-13H2,1-5H3;1H/q+1;/p-1. The Balaban J connectivity index is 0.00000304. The summed E-state index contributed by atoms with van der Waals surface area (Å²) in [4.78, 5) is 22.9. The van der Waals surface area contributed by atoms with Crippen LogP contribution in [-0.2, 0) is 9.47 Å². The van der Waals surface area contributed by atoms with E-state index in [1.807, 2.05) is 37.0 Å². The van der Waals surface area contributed by atoms with Crippen LogP contribution in [0.15, 0.2) is 24.3 Å². The van der Waals surface area contributed by atoms with Gasteiger partial charge in [0, 0.05) is 44.0 Å². The molecule has 1 amide bonds. The van der Waals surface area contributed by atoms with E-state index < -0.39 is 5.60 Å². The molecule has 0 atom stereocenters. The molecule has 1 aromatic carbocycles. The Bertz CT molecular complexity index is 1300. The molecular weight excluding hydrogens is 587 g/mol. The van der Waals surface area contributed by atoms with Crippen LogP contribution in [0.5, 0.6) is 0 Å². The van der Waals surface area contributed by atoms with Crippen molar-refractivity contribution < 1.29 is 38.2 Å². The van der Waals surface area contributed by atoms with Gasteiger partial charge < -0.3 is 43.3 Å². The van der Waals surface area contributed by atoms with Gasteiger partial charge in [-0.25, -0.2) is 14.4 Å². The molecule has 1 aliphatic carbocycles. The lowest BCUT2D eigenvalue weighted by molar-refractivity contribution is -0.0000512. The van der Waals surface area contributed by atoms with Crippen LogP contribution in [-0.4, -0.2) is 74.1 Å². The van der Waals surface area contributed by atoms with E-state index >= 15 is 0 Å². The molecule has 4 aliphatic rings. The summed E-state index contributed by atoms with van der Waals surface area (Å²) >= 11 is 1.82. The van der Waals surface area contributed by atoms with E-state index in [0.29, 0.717) is 13.1 Å². The van der Waals surface area contributed by atoms with Crippen molar-refractivity contribution in [3.05, 3.63) is 40.7 Å². The van der Waals surface area contributed by atoms with E-state index in [-0.39, 0.29) is 30.1 Å². The van der Waals surface area contributed by atoms with Crippen LogP contribution in [0.4, 0.5) is 10.5 Å². The molecule has 3 aliphatic heterocycles. The highest BCUT2D eigenvalue weighted by molar-refractivity contribution is 7.21. The van der Waals surface area contributed by atoms with Crippen molar-refractivity contribution in [2.45, 2.75) is 40.2 Å². The number of fused-ring (bicyclic) bond motifs is 2. The van der Waals surface area contributed by atoms with Crippen molar-refractivity contribution in [1.82, 2.24) is 14.5 Å². The normalized spacial score (nSPS) is 16.9. The third-order valence-corrected chi connectivity index (χ3v) is 7.68. The number of aromatic nitrogens is 1. The molecule has 2 fully saturated rings. The summed E-state index contributed by atoms with van der Waals surface area (Å²) < 4.78 is 14.7. The average molecular weight is 623 g/mol. The van der Waals surface area contributed by atoms with Crippen molar-refractivity contribution in [3.8, 4) is 10.6 Å². The van der Waals surface area contributed by atoms with Gasteiger partial charge in [0.15, 0.2) is 13.1 Å². The zero-order valence-electron chi connectivity index (χ0n) is 21.8. The summed E-state index contributed by atoms with van der Waals surface area (Å²) in [7, 11) is 0. The molecule has 2 saturated heterocycles. The topological polar surface area (TPSA) is 57.9 Å². The number of amides is 1. The number of carbonyl (C=O) groups is 1. The highest BCUT2D eigenvalue weighted by Gasteiger charge is 2.26. The smallest absolute Gasteiger partial charge is 0.410 e. The fourth-order valence-corrected chi connectivity index (χ4v) is 5.99. The molecule has 194 valence electrons. The van der Waals surface area contributed by atoms with E-state index in [1.165, 1.54) is 31.7 Å². The third-order valence-electron chi connectivity index (χ3n) is 6.62. The highest BCUT2D eigenvalue weighted by atomic mass is 127. The SMILES string of the molecule is Cc1cc(=[N+]2CCOCC2)cc2sc3cc(N4CCN(C(=O)OC(C)(C)C)CC4)cc(C)c3nc1-2.[I-]. The Labute approximate surface area is 234 Å². The monoisotopic (exact) mass is 622 g/mol. The molecule has 9 heteroatoms. The molecule has 0 saturated carbocycles. The quantitative estimate of drug-likeness (QED) is 0.229. The molecule has 0 aromatic heterocycles. The lowest BCUT2D eigenvalue weighted by Crippen LogP contribution is -3.00. The van der Waals surface area contributed by atoms with Gasteiger partial charge >= 0.3 is 6.09 Å². The zero-order valence-corrected chi connectivity index (χ0v) is 24.7. The van der Waals surface area contributed by atoms with Crippen molar-refractivity contribution in [2.75, 3.05) is 57.4 Å². The molecule has 0 N–H and O–H groups in total. The number of morpholine rings is 1. The lowest BCUT2D eigenvalue weighted by atomic mass is 10.1. The van der Waals surface area contributed by atoms with Crippen LogP contribution >= 0.6 is 11.3 Å². The van der Waals surface area contributed by atoms with Crippen LogP contribution < -0.4 is 38.8 Å². The second-order valence-corrected chi connectivity index (χ2v) is 11.6. The largest absolute Gasteiger partial charge is 1.00 e. The van der Waals surface area contributed by atoms with E-state index in [9.17, 15) is 4.79 Å². The second-order valence-electron chi connectivity index (χ2n) is 10.5. The Morgan fingerprint density at radius 1 is 1.03 bits per heavy atom. The summed E-state index contributed by atoms with van der Waals surface area (Å²) in [5, 5.41) is 1.25. The van der Waals surface area contributed by atoms with Gasteiger partial charge in [0.25, 0.3) is 0 Å². The summed E-state index contributed by atoms with van der Waals surface area (Å²) in [6.45, 7) is 16.3. The predicted octanol–water partition coefficient (Wildman–Crippen LogP) is 0.881. The van der Waals surface area contributed by atoms with Crippen LogP contribution in [0.3, 0.4) is 0 Å². The number of piperazine rings is 1. The first-order valence-corrected chi connectivity index (χ1v) is 13.2. The van der Waals surface area contributed by atoms with E-state index in [4.69, 9.17) is 14.5 Å². The first kappa shape index (κ1) is 27.1. The minimum absolute atomic E-state index is 0. The van der Waals surface area contributed by atoms with Crippen LogP contribution in [0.1, 0.15) is 31.9 Å². The lowest BCUT2D eigenvalue weighted by Gasteiger charge is -2.37. The molecular formula is C27H35IN4O3S. The molecule has 7 nitrogen and oxygen atoms in total. The first-order chi connectivity index (χ1) is 16.7. The van der Waals surface area contributed by atoms with Gasteiger partial charge in [-0.2, -0.15) is 0 Å².